The van der Waals surface area contributed by atoms with Crippen molar-refractivity contribution in [1.82, 2.24) is 4.90 Å². The number of anilines is 2. The van der Waals surface area contributed by atoms with Crippen LogP contribution in [-0.2, 0) is 0 Å². The summed E-state index contributed by atoms with van der Waals surface area (Å²) in [4.78, 5) is 6.78. The summed E-state index contributed by atoms with van der Waals surface area (Å²) in [5.74, 6) is 0.980. The number of halogens is 1. The van der Waals surface area contributed by atoms with Gasteiger partial charge in [-0.3, -0.25) is 4.99 Å². The van der Waals surface area contributed by atoms with Gasteiger partial charge in [0.15, 0.2) is 0 Å². The van der Waals surface area contributed by atoms with Crippen molar-refractivity contribution in [3.63, 3.8) is 0 Å². The molecule has 1 N–H and O–H groups in total. The van der Waals surface area contributed by atoms with E-state index >= 15 is 0 Å². The van der Waals surface area contributed by atoms with E-state index in [2.05, 4.69) is 25.5 Å². The minimum Gasteiger partial charge on any atom is -0.336 e. The molecule has 18 heavy (non-hydrogen) atoms. The van der Waals surface area contributed by atoms with Crippen molar-refractivity contribution in [3.8, 4) is 0 Å². The highest BCUT2D eigenvalue weighted by atomic mass is 35.5. The summed E-state index contributed by atoms with van der Waals surface area (Å²) in [6.07, 6.45) is 1.90. The number of benzene rings is 1. The van der Waals surface area contributed by atoms with E-state index in [4.69, 9.17) is 11.6 Å². The molecule has 0 spiro atoms. The highest BCUT2D eigenvalue weighted by molar-refractivity contribution is 8.03. The maximum Gasteiger partial charge on any atom is 0.213 e. The quantitative estimate of drug-likeness (QED) is 0.666. The molecule has 0 saturated heterocycles. The normalized spacial score (nSPS) is 17.5. The lowest BCUT2D eigenvalue weighted by atomic mass is 10.3. The van der Waals surface area contributed by atoms with Crippen molar-refractivity contribution < 1.29 is 0 Å². The number of fused-ring (bicyclic) bond motifs is 1. The number of hydrogen-bond acceptors (Lipinski definition) is 5. The van der Waals surface area contributed by atoms with Crippen LogP contribution in [0.2, 0.25) is 5.02 Å². The third-order valence-electron chi connectivity index (χ3n) is 2.86. The first-order valence-electron chi connectivity index (χ1n) is 5.72. The highest BCUT2D eigenvalue weighted by Gasteiger charge is 2.29. The summed E-state index contributed by atoms with van der Waals surface area (Å²) in [6.45, 7) is 6.39. The van der Waals surface area contributed by atoms with Gasteiger partial charge in [0.2, 0.25) is 5.96 Å². The minimum atomic E-state index is 0.736. The van der Waals surface area contributed by atoms with Crippen LogP contribution in [0.1, 0.15) is 0 Å². The number of aliphatic imine (C=N–C) groups is 1. The molecule has 0 saturated carbocycles. The van der Waals surface area contributed by atoms with Crippen LogP contribution in [0.4, 0.5) is 11.4 Å². The van der Waals surface area contributed by atoms with Gasteiger partial charge in [-0.25, -0.2) is 4.31 Å². The first-order valence-corrected chi connectivity index (χ1v) is 6.87. The second kappa shape index (κ2) is 4.74. The van der Waals surface area contributed by atoms with Crippen LogP contribution in [0.5, 0.6) is 0 Å². The number of rotatable bonds is 2. The summed E-state index contributed by atoms with van der Waals surface area (Å²) in [6, 6.07) is 5.84. The van der Waals surface area contributed by atoms with E-state index < -0.39 is 0 Å². The molecule has 0 radical (unpaired) electrons. The topological polar surface area (TPSA) is 30.9 Å². The third-order valence-corrected chi connectivity index (χ3v) is 3.95. The van der Waals surface area contributed by atoms with Crippen molar-refractivity contribution in [2.24, 2.45) is 4.99 Å². The van der Waals surface area contributed by atoms with Gasteiger partial charge in [-0.05, 0) is 18.2 Å². The lowest BCUT2D eigenvalue weighted by Crippen LogP contribution is -2.37. The smallest absolute Gasteiger partial charge is 0.213 e. The SMILES string of the molecule is C=CCN1CCN=C1N1SNc2cc(Cl)ccc21. The molecule has 94 valence electrons. The molecule has 0 unspecified atom stereocenters. The zero-order valence-corrected chi connectivity index (χ0v) is 11.3. The van der Waals surface area contributed by atoms with Gasteiger partial charge in [-0.2, -0.15) is 0 Å². The van der Waals surface area contributed by atoms with Gasteiger partial charge in [-0.1, -0.05) is 17.7 Å². The molecule has 2 aliphatic rings. The van der Waals surface area contributed by atoms with E-state index in [0.717, 1.165) is 42.0 Å². The van der Waals surface area contributed by atoms with Crippen LogP contribution in [0.15, 0.2) is 35.8 Å². The van der Waals surface area contributed by atoms with E-state index in [1.165, 1.54) is 12.1 Å². The first kappa shape index (κ1) is 11.7. The molecular weight excluding hydrogens is 268 g/mol. The minimum absolute atomic E-state index is 0.736. The van der Waals surface area contributed by atoms with Gasteiger partial charge in [0.1, 0.15) is 0 Å². The number of hydrogen-bond donors (Lipinski definition) is 1. The number of guanidine groups is 1. The lowest BCUT2D eigenvalue weighted by Gasteiger charge is -2.24. The van der Waals surface area contributed by atoms with Gasteiger partial charge < -0.3 is 9.62 Å². The zero-order chi connectivity index (χ0) is 12.5. The van der Waals surface area contributed by atoms with Gasteiger partial charge in [0.05, 0.1) is 30.1 Å². The summed E-state index contributed by atoms with van der Waals surface area (Å²) in [5, 5.41) is 0.736. The van der Waals surface area contributed by atoms with Crippen LogP contribution in [0.25, 0.3) is 0 Å². The van der Waals surface area contributed by atoms with Crippen molar-refractivity contribution in [2.75, 3.05) is 28.7 Å². The van der Waals surface area contributed by atoms with Crippen molar-refractivity contribution >= 4 is 41.1 Å². The van der Waals surface area contributed by atoms with E-state index in [0.29, 0.717) is 0 Å². The second-order valence-electron chi connectivity index (χ2n) is 4.07. The summed E-state index contributed by atoms with van der Waals surface area (Å²) in [5.41, 5.74) is 2.12. The molecular formula is C12H13ClN4S. The molecule has 4 nitrogen and oxygen atoms in total. The molecule has 0 amide bonds. The Kier molecular flexibility index (Phi) is 3.09. The van der Waals surface area contributed by atoms with Crippen molar-refractivity contribution in [1.29, 1.82) is 0 Å². The lowest BCUT2D eigenvalue weighted by molar-refractivity contribution is 0.504. The Bertz CT molecular complexity index is 517. The fraction of sp³-hybridized carbons (Fsp3) is 0.250. The fourth-order valence-corrected chi connectivity index (χ4v) is 3.09. The average molecular weight is 281 g/mol. The molecule has 0 fully saturated rings. The monoisotopic (exact) mass is 280 g/mol. The predicted molar refractivity (Wildman–Crippen MR) is 79.2 cm³/mol. The zero-order valence-electron chi connectivity index (χ0n) is 9.77. The van der Waals surface area contributed by atoms with E-state index in [9.17, 15) is 0 Å². The standard InChI is InChI=1S/C12H13ClN4S/c1-2-6-16-7-5-14-12(16)17-11-4-3-9(13)8-10(11)15-18-17/h2-4,8,15H,1,5-7H2. The molecule has 3 rings (SSSR count). The third kappa shape index (κ3) is 1.93. The maximum absolute atomic E-state index is 5.99. The Hall–Kier alpha value is -1.33. The Balaban J connectivity index is 1.90. The molecule has 0 aliphatic carbocycles. The molecule has 1 aromatic carbocycles. The van der Waals surface area contributed by atoms with Gasteiger partial charge in [0, 0.05) is 18.1 Å². The second-order valence-corrected chi connectivity index (χ2v) is 5.25. The molecule has 0 bridgehead atoms. The Morgan fingerprint density at radius 3 is 3.28 bits per heavy atom. The molecule has 6 heteroatoms. The molecule has 0 aromatic heterocycles. The Morgan fingerprint density at radius 1 is 1.56 bits per heavy atom. The molecule has 0 atom stereocenters. The Labute approximate surface area is 116 Å². The van der Waals surface area contributed by atoms with Crippen LogP contribution in [-0.4, -0.2) is 30.5 Å². The van der Waals surface area contributed by atoms with Crippen molar-refractivity contribution in [3.05, 3.63) is 35.9 Å². The summed E-state index contributed by atoms with van der Waals surface area (Å²) < 4.78 is 5.35. The highest BCUT2D eigenvalue weighted by Crippen LogP contribution is 2.41. The molecule has 2 heterocycles. The largest absolute Gasteiger partial charge is 0.336 e. The average Bonchev–Trinajstić information content (AvgIpc) is 2.95. The van der Waals surface area contributed by atoms with Gasteiger partial charge >= 0.3 is 0 Å². The molecule has 2 aliphatic heterocycles. The van der Waals surface area contributed by atoms with E-state index in [1.807, 2.05) is 24.3 Å². The van der Waals surface area contributed by atoms with Crippen molar-refractivity contribution in [2.45, 2.75) is 0 Å². The Morgan fingerprint density at radius 2 is 2.44 bits per heavy atom. The van der Waals surface area contributed by atoms with Crippen LogP contribution >= 0.6 is 23.7 Å². The van der Waals surface area contributed by atoms with E-state index in [1.54, 1.807) is 0 Å². The van der Waals surface area contributed by atoms with Crippen LogP contribution < -0.4 is 9.03 Å². The number of nitrogens with one attached hydrogen (secondary N) is 1. The van der Waals surface area contributed by atoms with Gasteiger partial charge in [0.25, 0.3) is 0 Å². The number of nitrogens with zero attached hydrogens (tertiary/aromatic N) is 3. The maximum atomic E-state index is 5.99. The molecule has 1 aromatic rings. The van der Waals surface area contributed by atoms with E-state index in [-0.39, 0.29) is 0 Å². The van der Waals surface area contributed by atoms with Crippen LogP contribution in [0.3, 0.4) is 0 Å². The summed E-state index contributed by atoms with van der Waals surface area (Å²) in [7, 11) is 0. The fourth-order valence-electron chi connectivity index (χ4n) is 2.05. The summed E-state index contributed by atoms with van der Waals surface area (Å²) >= 11 is 7.51. The van der Waals surface area contributed by atoms with Gasteiger partial charge in [-0.15, -0.1) is 6.58 Å². The first-order chi connectivity index (χ1) is 8.79. The predicted octanol–water partition coefficient (Wildman–Crippen LogP) is 2.99. The van der Waals surface area contributed by atoms with Crippen LogP contribution in [0, 0.1) is 0 Å².